The molecule has 7 nitrogen and oxygen atoms in total. The molecule has 0 aliphatic carbocycles. The smallest absolute Gasteiger partial charge is 0.224 e. The summed E-state index contributed by atoms with van der Waals surface area (Å²) >= 11 is 0. The summed E-state index contributed by atoms with van der Waals surface area (Å²) in [6.07, 6.45) is 5.05. The molecule has 0 aromatic heterocycles. The van der Waals surface area contributed by atoms with Crippen molar-refractivity contribution in [3.8, 4) is 0 Å². The van der Waals surface area contributed by atoms with Gasteiger partial charge in [-0.15, -0.1) is 0 Å². The van der Waals surface area contributed by atoms with Crippen LogP contribution >= 0.6 is 0 Å². The number of carbonyl (C=O) groups is 1. The van der Waals surface area contributed by atoms with Crippen LogP contribution in [0.25, 0.3) is 0 Å². The molecule has 2 unspecified atom stereocenters. The van der Waals surface area contributed by atoms with Gasteiger partial charge in [0.25, 0.3) is 0 Å². The van der Waals surface area contributed by atoms with Gasteiger partial charge < -0.3 is 25.0 Å². The molecule has 0 radical (unpaired) electrons. The van der Waals surface area contributed by atoms with Gasteiger partial charge in [-0.3, -0.25) is 9.79 Å². The lowest BCUT2D eigenvalue weighted by Crippen LogP contribution is -2.42. The van der Waals surface area contributed by atoms with Gasteiger partial charge in [-0.1, -0.05) is 6.92 Å². The number of nitrogens with zero attached hydrogens (tertiary/aromatic N) is 2. The number of aliphatic imine (C=N–C) groups is 1. The molecular weight excluding hydrogens is 320 g/mol. The fourth-order valence-electron chi connectivity index (χ4n) is 3.26. The summed E-state index contributed by atoms with van der Waals surface area (Å²) in [5.74, 6) is 1.60. The minimum atomic E-state index is 0.238. The number of amides is 1. The zero-order valence-electron chi connectivity index (χ0n) is 15.8. The van der Waals surface area contributed by atoms with Crippen molar-refractivity contribution in [1.29, 1.82) is 0 Å². The first-order valence-corrected chi connectivity index (χ1v) is 9.60. The fourth-order valence-corrected chi connectivity index (χ4v) is 3.26. The number of nitrogens with one attached hydrogen (secondary N) is 2. The maximum absolute atomic E-state index is 12.2. The topological polar surface area (TPSA) is 75.2 Å². The third kappa shape index (κ3) is 7.61. The predicted octanol–water partition coefficient (Wildman–Crippen LogP) is 0.996. The van der Waals surface area contributed by atoms with Gasteiger partial charge >= 0.3 is 0 Å². The zero-order valence-corrected chi connectivity index (χ0v) is 15.8. The highest BCUT2D eigenvalue weighted by Crippen LogP contribution is 2.15. The quantitative estimate of drug-likeness (QED) is 0.386. The molecule has 0 saturated carbocycles. The molecule has 2 saturated heterocycles. The summed E-state index contributed by atoms with van der Waals surface area (Å²) in [7, 11) is 1.75. The van der Waals surface area contributed by atoms with Crippen molar-refractivity contribution in [3.63, 3.8) is 0 Å². The van der Waals surface area contributed by atoms with E-state index in [1.807, 2.05) is 4.90 Å². The van der Waals surface area contributed by atoms with E-state index in [2.05, 4.69) is 22.5 Å². The third-order valence-corrected chi connectivity index (χ3v) is 4.72. The Morgan fingerprint density at radius 1 is 1.32 bits per heavy atom. The Hall–Kier alpha value is -1.34. The van der Waals surface area contributed by atoms with Gasteiger partial charge in [-0.25, -0.2) is 0 Å². The normalized spacial score (nSPS) is 24.4. The number of piperidine rings is 1. The van der Waals surface area contributed by atoms with E-state index in [4.69, 9.17) is 9.47 Å². The van der Waals surface area contributed by atoms with Gasteiger partial charge in [0.1, 0.15) is 0 Å². The van der Waals surface area contributed by atoms with E-state index < -0.39 is 0 Å². The molecular formula is C18H34N4O3. The number of hydrogen-bond acceptors (Lipinski definition) is 4. The van der Waals surface area contributed by atoms with Crippen LogP contribution in [0, 0.1) is 5.92 Å². The van der Waals surface area contributed by atoms with Crippen LogP contribution < -0.4 is 10.6 Å². The molecule has 0 aromatic carbocycles. The molecule has 1 amide bonds. The van der Waals surface area contributed by atoms with Gasteiger partial charge in [0.15, 0.2) is 5.96 Å². The molecule has 2 fully saturated rings. The van der Waals surface area contributed by atoms with Gasteiger partial charge in [-0.05, 0) is 31.6 Å². The van der Waals surface area contributed by atoms with Crippen LogP contribution in [0.3, 0.4) is 0 Å². The second-order valence-electron chi connectivity index (χ2n) is 6.97. The molecule has 2 aliphatic heterocycles. The van der Waals surface area contributed by atoms with E-state index in [1.54, 1.807) is 7.05 Å². The van der Waals surface area contributed by atoms with Crippen LogP contribution in [-0.4, -0.2) is 75.9 Å². The van der Waals surface area contributed by atoms with E-state index in [-0.39, 0.29) is 12.0 Å². The molecule has 2 aliphatic rings. The predicted molar refractivity (Wildman–Crippen MR) is 98.8 cm³/mol. The van der Waals surface area contributed by atoms with E-state index in [1.165, 1.54) is 6.42 Å². The highest BCUT2D eigenvalue weighted by Gasteiger charge is 2.20. The average molecular weight is 354 g/mol. The van der Waals surface area contributed by atoms with E-state index in [9.17, 15) is 4.79 Å². The Morgan fingerprint density at radius 2 is 2.16 bits per heavy atom. The van der Waals surface area contributed by atoms with Gasteiger partial charge in [-0.2, -0.15) is 0 Å². The fraction of sp³-hybridized carbons (Fsp3) is 0.889. The van der Waals surface area contributed by atoms with E-state index in [0.29, 0.717) is 18.9 Å². The highest BCUT2D eigenvalue weighted by molar-refractivity contribution is 5.81. The molecule has 144 valence electrons. The second-order valence-corrected chi connectivity index (χ2v) is 6.97. The molecule has 0 spiro atoms. The maximum Gasteiger partial charge on any atom is 0.224 e. The second kappa shape index (κ2) is 11.3. The molecule has 0 aromatic rings. The van der Waals surface area contributed by atoms with Gasteiger partial charge in [0.2, 0.25) is 5.91 Å². The molecule has 7 heteroatoms. The lowest BCUT2D eigenvalue weighted by molar-refractivity contribution is -0.132. The largest absolute Gasteiger partial charge is 0.379 e. The summed E-state index contributed by atoms with van der Waals surface area (Å²) in [6.45, 7) is 7.69. The van der Waals surface area contributed by atoms with E-state index in [0.717, 1.165) is 64.7 Å². The van der Waals surface area contributed by atoms with Crippen molar-refractivity contribution >= 4 is 11.9 Å². The van der Waals surface area contributed by atoms with E-state index >= 15 is 0 Å². The first kappa shape index (κ1) is 20.0. The van der Waals surface area contributed by atoms with Crippen molar-refractivity contribution < 1.29 is 14.3 Å². The van der Waals surface area contributed by atoms with Crippen LogP contribution in [0.5, 0.6) is 0 Å². The number of hydrogen-bond donors (Lipinski definition) is 2. The van der Waals surface area contributed by atoms with Crippen molar-refractivity contribution in [2.45, 2.75) is 45.1 Å². The molecule has 2 N–H and O–H groups in total. The first-order chi connectivity index (χ1) is 12.2. The number of guanidine groups is 1. The summed E-state index contributed by atoms with van der Waals surface area (Å²) in [6, 6.07) is 0. The van der Waals surface area contributed by atoms with Crippen LogP contribution in [0.2, 0.25) is 0 Å². The minimum Gasteiger partial charge on any atom is -0.379 e. The SMILES string of the molecule is CN=C(NCCCOC1CCOC1)NCCC(=O)N1CCCC(C)C1. The zero-order chi connectivity index (χ0) is 17.9. The summed E-state index contributed by atoms with van der Waals surface area (Å²) < 4.78 is 11.0. The van der Waals surface area contributed by atoms with Crippen LogP contribution in [-0.2, 0) is 14.3 Å². The number of likely N-dealkylation sites (tertiary alicyclic amines) is 1. The van der Waals surface area contributed by atoms with Crippen molar-refractivity contribution in [2.75, 3.05) is 53.0 Å². The lowest BCUT2D eigenvalue weighted by atomic mass is 10.00. The van der Waals surface area contributed by atoms with Crippen molar-refractivity contribution in [2.24, 2.45) is 10.9 Å². The van der Waals surface area contributed by atoms with Crippen molar-refractivity contribution in [3.05, 3.63) is 0 Å². The third-order valence-electron chi connectivity index (χ3n) is 4.72. The summed E-state index contributed by atoms with van der Waals surface area (Å²) in [4.78, 5) is 18.4. The summed E-state index contributed by atoms with van der Waals surface area (Å²) in [5.41, 5.74) is 0. The monoisotopic (exact) mass is 354 g/mol. The number of rotatable bonds is 8. The minimum absolute atomic E-state index is 0.238. The Balaban J connectivity index is 1.51. The standard InChI is InChI=1S/C18H34N4O3/c1-15-5-3-10-22(13-15)17(23)6-9-21-18(19-2)20-8-4-11-25-16-7-12-24-14-16/h15-16H,3-14H2,1-2H3,(H2,19,20,21). The summed E-state index contributed by atoms with van der Waals surface area (Å²) in [5, 5.41) is 6.47. The number of carbonyl (C=O) groups excluding carboxylic acids is 1. The molecule has 2 heterocycles. The molecule has 25 heavy (non-hydrogen) atoms. The Morgan fingerprint density at radius 3 is 2.88 bits per heavy atom. The van der Waals surface area contributed by atoms with Crippen LogP contribution in [0.4, 0.5) is 0 Å². The molecule has 2 rings (SSSR count). The molecule has 2 atom stereocenters. The first-order valence-electron chi connectivity index (χ1n) is 9.60. The van der Waals surface area contributed by atoms with Crippen LogP contribution in [0.15, 0.2) is 4.99 Å². The Labute approximate surface area is 151 Å². The Kier molecular flexibility index (Phi) is 9.04. The maximum atomic E-state index is 12.2. The average Bonchev–Trinajstić information content (AvgIpc) is 3.13. The number of ether oxygens (including phenoxy) is 2. The van der Waals surface area contributed by atoms with Crippen molar-refractivity contribution in [1.82, 2.24) is 15.5 Å². The lowest BCUT2D eigenvalue weighted by Gasteiger charge is -2.31. The van der Waals surface area contributed by atoms with Crippen LogP contribution in [0.1, 0.15) is 39.0 Å². The molecule has 0 bridgehead atoms. The van der Waals surface area contributed by atoms with Gasteiger partial charge in [0.05, 0.1) is 12.7 Å². The van der Waals surface area contributed by atoms with Gasteiger partial charge in [0, 0.05) is 52.9 Å². The highest BCUT2D eigenvalue weighted by atomic mass is 16.5. The Bertz CT molecular complexity index is 425.